The van der Waals surface area contributed by atoms with Crippen molar-refractivity contribution >= 4 is 29.9 Å². The number of esters is 1. The van der Waals surface area contributed by atoms with Gasteiger partial charge in [-0.15, -0.1) is 0 Å². The van der Waals surface area contributed by atoms with Crippen LogP contribution in [0.25, 0.3) is 0 Å². The van der Waals surface area contributed by atoms with Gasteiger partial charge in [0.1, 0.15) is 5.03 Å². The van der Waals surface area contributed by atoms with Crippen molar-refractivity contribution in [2.75, 3.05) is 7.11 Å². The molecule has 0 amide bonds. The number of carbonyl (C=O) groups excluding carboxylic acids is 1. The van der Waals surface area contributed by atoms with Crippen LogP contribution in [0.1, 0.15) is 10.5 Å². The van der Waals surface area contributed by atoms with E-state index in [-0.39, 0.29) is 5.97 Å². The number of aromatic nitrogens is 2. The van der Waals surface area contributed by atoms with Crippen LogP contribution in [-0.4, -0.2) is 22.9 Å². The third kappa shape index (κ3) is 1.32. The number of carbonyl (C=O) groups is 1. The number of nitrogens with zero attached hydrogens (tertiary/aromatic N) is 2. The van der Waals surface area contributed by atoms with Crippen molar-refractivity contribution in [1.29, 1.82) is 0 Å². The number of hydrogen-bond acceptors (Lipinski definition) is 6. The molecule has 2 rings (SSSR count). The minimum absolute atomic E-state index is 0.354. The van der Waals surface area contributed by atoms with E-state index in [9.17, 15) is 4.79 Å². The van der Waals surface area contributed by atoms with E-state index < -0.39 is 0 Å². The number of ether oxygens (including phenoxy) is 1. The van der Waals surface area contributed by atoms with Crippen molar-refractivity contribution < 1.29 is 9.53 Å². The molecular weight excluding hydrogens is 210 g/mol. The number of methoxy groups -OCH3 is 1. The minimum Gasteiger partial charge on any atom is -0.464 e. The van der Waals surface area contributed by atoms with E-state index in [0.717, 1.165) is 9.92 Å². The van der Waals surface area contributed by atoms with E-state index in [2.05, 4.69) is 14.0 Å². The van der Waals surface area contributed by atoms with Crippen molar-refractivity contribution in [1.82, 2.24) is 13.9 Å². The van der Waals surface area contributed by atoms with Gasteiger partial charge < -0.3 is 4.74 Å². The number of nitrogens with one attached hydrogen (secondary N) is 1. The molecule has 0 bridgehead atoms. The highest BCUT2D eigenvalue weighted by Crippen LogP contribution is 2.38. The zero-order chi connectivity index (χ0) is 9.42. The van der Waals surface area contributed by atoms with E-state index in [1.807, 2.05) is 0 Å². The van der Waals surface area contributed by atoms with Crippen LogP contribution < -0.4 is 4.13 Å². The van der Waals surface area contributed by atoms with Gasteiger partial charge in [0.15, 0.2) is 5.69 Å². The van der Waals surface area contributed by atoms with Crippen molar-refractivity contribution in [3.8, 4) is 0 Å². The summed E-state index contributed by atoms with van der Waals surface area (Å²) in [4.78, 5) is 12.2. The Balaban J connectivity index is 2.50. The average molecular weight is 217 g/mol. The molecule has 1 aromatic rings. The molecule has 2 heterocycles. The first kappa shape index (κ1) is 8.92. The molecule has 0 fully saturated rings. The maximum Gasteiger partial charge on any atom is 0.357 e. The van der Waals surface area contributed by atoms with Crippen molar-refractivity contribution in [2.24, 2.45) is 7.05 Å². The second-order valence-electron chi connectivity index (χ2n) is 2.39. The molecule has 0 atom stereocenters. The summed E-state index contributed by atoms with van der Waals surface area (Å²) in [6, 6.07) is 0. The standard InChI is InChI=1S/C6H7N3O2S2/c1-9-3(6(10)11-2)4-5(7-9)13-8-12-4/h8H,1-2H3. The molecule has 13 heavy (non-hydrogen) atoms. The maximum absolute atomic E-state index is 11.3. The normalized spacial score (nSPS) is 14.3. The monoisotopic (exact) mass is 217 g/mol. The number of hydrogen-bond donors (Lipinski definition) is 1. The summed E-state index contributed by atoms with van der Waals surface area (Å²) in [6.45, 7) is 0. The van der Waals surface area contributed by atoms with Gasteiger partial charge in [0, 0.05) is 7.05 Å². The van der Waals surface area contributed by atoms with Crippen molar-refractivity contribution in [2.45, 2.75) is 9.92 Å². The Morgan fingerprint density at radius 3 is 3.08 bits per heavy atom. The first-order chi connectivity index (χ1) is 6.24. The van der Waals surface area contributed by atoms with Crippen molar-refractivity contribution in [3.05, 3.63) is 5.69 Å². The molecule has 0 radical (unpaired) electrons. The summed E-state index contributed by atoms with van der Waals surface area (Å²) >= 11 is 2.79. The van der Waals surface area contributed by atoms with Crippen LogP contribution in [-0.2, 0) is 11.8 Å². The minimum atomic E-state index is -0.354. The van der Waals surface area contributed by atoms with Crippen LogP contribution in [0, 0.1) is 0 Å². The van der Waals surface area contributed by atoms with Gasteiger partial charge in [-0.05, 0) is 23.9 Å². The third-order valence-electron chi connectivity index (χ3n) is 1.63. The van der Waals surface area contributed by atoms with Crippen LogP contribution in [0.4, 0.5) is 0 Å². The molecule has 1 aromatic heterocycles. The lowest BCUT2D eigenvalue weighted by atomic mass is 10.4. The second-order valence-corrected chi connectivity index (χ2v) is 4.26. The van der Waals surface area contributed by atoms with Gasteiger partial charge in [-0.3, -0.25) is 4.68 Å². The predicted octanol–water partition coefficient (Wildman–Crippen LogP) is 0.824. The Hall–Kier alpha value is -0.660. The number of fused-ring (bicyclic) bond motifs is 1. The first-order valence-electron chi connectivity index (χ1n) is 3.48. The van der Waals surface area contributed by atoms with Gasteiger partial charge in [-0.2, -0.15) is 9.23 Å². The molecule has 1 aliphatic rings. The molecule has 0 saturated carbocycles. The van der Waals surface area contributed by atoms with Gasteiger partial charge in [0.2, 0.25) is 0 Å². The van der Waals surface area contributed by atoms with Gasteiger partial charge in [0.25, 0.3) is 0 Å². The molecule has 5 nitrogen and oxygen atoms in total. The zero-order valence-electron chi connectivity index (χ0n) is 7.03. The molecule has 0 unspecified atom stereocenters. The SMILES string of the molecule is COC(=O)c1c2c(nn1C)SNS2. The van der Waals surface area contributed by atoms with Gasteiger partial charge >= 0.3 is 5.97 Å². The molecule has 0 aromatic carbocycles. The molecular formula is C6H7N3O2S2. The Kier molecular flexibility index (Phi) is 2.22. The highest BCUT2D eigenvalue weighted by Gasteiger charge is 2.27. The molecule has 0 aliphatic carbocycles. The summed E-state index contributed by atoms with van der Waals surface area (Å²) in [6.07, 6.45) is 0. The summed E-state index contributed by atoms with van der Waals surface area (Å²) in [5.41, 5.74) is 0.500. The molecule has 70 valence electrons. The summed E-state index contributed by atoms with van der Waals surface area (Å²) in [5, 5.41) is 4.98. The van der Waals surface area contributed by atoms with E-state index in [1.165, 1.54) is 35.7 Å². The van der Waals surface area contributed by atoms with Crippen LogP contribution in [0.2, 0.25) is 0 Å². The maximum atomic E-state index is 11.3. The third-order valence-corrected chi connectivity index (χ3v) is 3.50. The van der Waals surface area contributed by atoms with Gasteiger partial charge in [0.05, 0.1) is 12.0 Å². The molecule has 0 saturated heterocycles. The molecule has 7 heteroatoms. The Labute approximate surface area is 83.5 Å². The largest absolute Gasteiger partial charge is 0.464 e. The van der Waals surface area contributed by atoms with Gasteiger partial charge in [-0.1, -0.05) is 0 Å². The number of aryl methyl sites for hydroxylation is 1. The van der Waals surface area contributed by atoms with Crippen LogP contribution in [0.5, 0.6) is 0 Å². The lowest BCUT2D eigenvalue weighted by Crippen LogP contribution is -2.09. The summed E-state index contributed by atoms with van der Waals surface area (Å²) in [7, 11) is 3.09. The van der Waals surface area contributed by atoms with Gasteiger partial charge in [-0.25, -0.2) is 4.79 Å². The highest BCUT2D eigenvalue weighted by atomic mass is 32.2. The molecule has 0 spiro atoms. The highest BCUT2D eigenvalue weighted by molar-refractivity contribution is 8.15. The molecule has 1 aliphatic heterocycles. The van der Waals surface area contributed by atoms with E-state index in [4.69, 9.17) is 0 Å². The fourth-order valence-electron chi connectivity index (χ4n) is 1.06. The fourth-order valence-corrected chi connectivity index (χ4v) is 2.92. The van der Waals surface area contributed by atoms with Crippen LogP contribution >= 0.6 is 23.9 Å². The summed E-state index contributed by atoms with van der Waals surface area (Å²) < 4.78 is 9.15. The predicted molar refractivity (Wildman–Crippen MR) is 49.4 cm³/mol. The number of rotatable bonds is 1. The first-order valence-corrected chi connectivity index (χ1v) is 5.11. The Morgan fingerprint density at radius 1 is 1.62 bits per heavy atom. The fraction of sp³-hybridized carbons (Fsp3) is 0.333. The topological polar surface area (TPSA) is 56.1 Å². The lowest BCUT2D eigenvalue weighted by Gasteiger charge is -2.00. The Morgan fingerprint density at radius 2 is 2.38 bits per heavy atom. The van der Waals surface area contributed by atoms with E-state index in [1.54, 1.807) is 7.05 Å². The van der Waals surface area contributed by atoms with E-state index >= 15 is 0 Å². The Bertz CT molecular complexity index is 363. The zero-order valence-corrected chi connectivity index (χ0v) is 8.66. The summed E-state index contributed by atoms with van der Waals surface area (Å²) in [5.74, 6) is -0.354. The van der Waals surface area contributed by atoms with Crippen molar-refractivity contribution in [3.63, 3.8) is 0 Å². The molecule has 1 N–H and O–H groups in total. The second kappa shape index (κ2) is 3.24. The average Bonchev–Trinajstić information content (AvgIpc) is 2.62. The van der Waals surface area contributed by atoms with E-state index in [0.29, 0.717) is 5.69 Å². The quantitative estimate of drug-likeness (QED) is 0.555. The van der Waals surface area contributed by atoms with Crippen LogP contribution in [0.15, 0.2) is 9.92 Å². The van der Waals surface area contributed by atoms with Crippen LogP contribution in [0.3, 0.4) is 0 Å². The lowest BCUT2D eigenvalue weighted by molar-refractivity contribution is 0.0584. The smallest absolute Gasteiger partial charge is 0.357 e.